The molecule has 4 atom stereocenters. The van der Waals surface area contributed by atoms with Gasteiger partial charge in [-0.2, -0.15) is 0 Å². The summed E-state index contributed by atoms with van der Waals surface area (Å²) in [6.45, 7) is 8.08. The first kappa shape index (κ1) is 20.1. The Kier molecular flexibility index (Phi) is 4.25. The fraction of sp³-hybridized carbons (Fsp3) is 0.600. The zero-order valence-electron chi connectivity index (χ0n) is 18.3. The van der Waals surface area contributed by atoms with Gasteiger partial charge in [-0.25, -0.2) is 0 Å². The van der Waals surface area contributed by atoms with Gasteiger partial charge in [-0.15, -0.1) is 0 Å². The van der Waals surface area contributed by atoms with Gasteiger partial charge in [-0.3, -0.25) is 14.8 Å². The van der Waals surface area contributed by atoms with E-state index >= 15 is 0 Å². The van der Waals surface area contributed by atoms with Crippen LogP contribution in [0.25, 0.3) is 0 Å². The van der Waals surface area contributed by atoms with Crippen molar-refractivity contribution in [1.29, 1.82) is 0 Å². The van der Waals surface area contributed by atoms with Crippen LogP contribution in [-0.2, 0) is 14.4 Å². The molecule has 5 aliphatic rings. The molecule has 0 saturated heterocycles. The summed E-state index contributed by atoms with van der Waals surface area (Å²) < 4.78 is 0. The van der Waals surface area contributed by atoms with Gasteiger partial charge in [-0.1, -0.05) is 30.2 Å². The summed E-state index contributed by atoms with van der Waals surface area (Å²) in [6, 6.07) is -0.528. The molecule has 0 radical (unpaired) electrons. The molecule has 0 aromatic rings. The Hall–Kier alpha value is -1.82. The number of Topliss-reactive ketones (excluding diaryl/α,β-unsaturated/α-hetero) is 1. The number of hydrogen-bond donors (Lipinski definition) is 0. The smallest absolute Gasteiger partial charge is 0.178 e. The minimum Gasteiger partial charge on any atom is -0.762 e. The third-order valence-corrected chi connectivity index (χ3v) is 8.50. The molecule has 1 saturated carbocycles. The van der Waals surface area contributed by atoms with Crippen LogP contribution in [0.15, 0.2) is 46.6 Å². The number of ketones is 2. The third-order valence-electron chi connectivity index (χ3n) is 8.50. The molecule has 5 aliphatic carbocycles. The maximum absolute atomic E-state index is 13.3. The van der Waals surface area contributed by atoms with Gasteiger partial charge < -0.3 is 10.0 Å². The molecular formula is C25H30NO4-. The first-order valence-electron chi connectivity index (χ1n) is 11.2. The van der Waals surface area contributed by atoms with E-state index in [4.69, 9.17) is 4.84 Å². The Morgan fingerprint density at radius 3 is 2.70 bits per heavy atom. The fourth-order valence-corrected chi connectivity index (χ4v) is 6.91. The number of hydroxylamine groups is 2. The number of fused-ring (bicyclic) bond motifs is 3. The van der Waals surface area contributed by atoms with Crippen LogP contribution in [-0.4, -0.2) is 28.9 Å². The molecule has 5 nitrogen and oxygen atoms in total. The van der Waals surface area contributed by atoms with Crippen LogP contribution in [0, 0.1) is 21.5 Å². The fourth-order valence-electron chi connectivity index (χ4n) is 6.91. The average molecular weight is 409 g/mol. The monoisotopic (exact) mass is 408 g/mol. The Bertz CT molecular complexity index is 970. The molecule has 5 heteroatoms. The van der Waals surface area contributed by atoms with Crippen LogP contribution in [0.3, 0.4) is 0 Å². The van der Waals surface area contributed by atoms with Gasteiger partial charge in [0, 0.05) is 11.8 Å². The first-order chi connectivity index (χ1) is 14.1. The summed E-state index contributed by atoms with van der Waals surface area (Å²) in [5.41, 5.74) is 3.36. The Labute approximate surface area is 178 Å². The molecule has 30 heavy (non-hydrogen) atoms. The van der Waals surface area contributed by atoms with E-state index in [1.165, 1.54) is 5.57 Å². The minimum absolute atomic E-state index is 0.0293. The molecule has 0 aromatic heterocycles. The van der Waals surface area contributed by atoms with E-state index in [0.29, 0.717) is 18.6 Å². The first-order valence-corrected chi connectivity index (χ1v) is 11.2. The molecule has 0 aliphatic heterocycles. The molecule has 1 fully saturated rings. The van der Waals surface area contributed by atoms with Gasteiger partial charge in [0.2, 0.25) is 0 Å². The van der Waals surface area contributed by atoms with Crippen molar-refractivity contribution in [3.63, 3.8) is 0 Å². The molecule has 0 amide bonds. The van der Waals surface area contributed by atoms with E-state index in [-0.39, 0.29) is 22.7 Å². The Balaban J connectivity index is 1.71. The quantitative estimate of drug-likeness (QED) is 0.631. The second kappa shape index (κ2) is 6.35. The lowest BCUT2D eigenvalue weighted by Crippen LogP contribution is -2.49. The van der Waals surface area contributed by atoms with Gasteiger partial charge in [-0.05, 0) is 81.6 Å². The van der Waals surface area contributed by atoms with Crippen molar-refractivity contribution in [3.05, 3.63) is 51.8 Å². The Morgan fingerprint density at radius 1 is 1.20 bits per heavy atom. The van der Waals surface area contributed by atoms with E-state index in [0.717, 1.165) is 47.6 Å². The van der Waals surface area contributed by atoms with E-state index in [2.05, 4.69) is 19.9 Å². The molecule has 0 heterocycles. The van der Waals surface area contributed by atoms with Crippen LogP contribution in [0.5, 0.6) is 0 Å². The molecule has 0 aromatic carbocycles. The van der Waals surface area contributed by atoms with Crippen molar-refractivity contribution in [1.82, 2.24) is 5.23 Å². The summed E-state index contributed by atoms with van der Waals surface area (Å²) >= 11 is 0. The predicted molar refractivity (Wildman–Crippen MR) is 114 cm³/mol. The summed E-state index contributed by atoms with van der Waals surface area (Å²) in [4.78, 5) is 31.0. The number of carbonyl (C=O) groups is 2. The molecule has 160 valence electrons. The maximum atomic E-state index is 13.3. The molecule has 0 bridgehead atoms. The zero-order valence-corrected chi connectivity index (χ0v) is 18.3. The van der Waals surface area contributed by atoms with Crippen molar-refractivity contribution >= 4 is 11.6 Å². The van der Waals surface area contributed by atoms with E-state index in [9.17, 15) is 14.8 Å². The van der Waals surface area contributed by atoms with Crippen LogP contribution in [0.1, 0.15) is 66.2 Å². The second-order valence-electron chi connectivity index (χ2n) is 10.4. The van der Waals surface area contributed by atoms with Crippen molar-refractivity contribution in [2.24, 2.45) is 16.2 Å². The second-order valence-corrected chi connectivity index (χ2v) is 10.4. The van der Waals surface area contributed by atoms with Gasteiger partial charge in [0.15, 0.2) is 5.78 Å². The molecule has 3 unspecified atom stereocenters. The topological polar surface area (TPSA) is 69.7 Å². The number of nitrogens with zero attached hydrogens (tertiary/aromatic N) is 1. The molecular weight excluding hydrogens is 378 g/mol. The highest BCUT2D eigenvalue weighted by Crippen LogP contribution is 2.69. The van der Waals surface area contributed by atoms with E-state index < -0.39 is 11.5 Å². The molecule has 5 rings (SSSR count). The van der Waals surface area contributed by atoms with Crippen molar-refractivity contribution in [2.45, 2.75) is 78.4 Å². The van der Waals surface area contributed by atoms with Crippen molar-refractivity contribution < 1.29 is 14.4 Å². The van der Waals surface area contributed by atoms with Crippen LogP contribution < -0.4 is 0 Å². The normalized spacial score (nSPS) is 39.8. The lowest BCUT2D eigenvalue weighted by atomic mass is 9.52. The predicted octanol–water partition coefficient (Wildman–Crippen LogP) is 4.75. The highest BCUT2D eigenvalue weighted by molar-refractivity contribution is 6.01. The highest BCUT2D eigenvalue weighted by Gasteiger charge is 2.64. The number of carbonyl (C=O) groups excluding carboxylic acids is 2. The number of hydrogen-bond acceptors (Lipinski definition) is 5. The van der Waals surface area contributed by atoms with Crippen molar-refractivity contribution in [2.75, 3.05) is 0 Å². The largest absolute Gasteiger partial charge is 0.762 e. The molecule has 1 spiro atoms. The van der Waals surface area contributed by atoms with Gasteiger partial charge >= 0.3 is 0 Å². The SMILES string of the molecule is CC(C)ON([O-])C1CC2=CC(=O)C=CC2(C)C2=C1C1=CC[C@@]3(C)CCC(=O)C13CC2. The summed E-state index contributed by atoms with van der Waals surface area (Å²) in [6.07, 6.45) is 11.8. The van der Waals surface area contributed by atoms with Gasteiger partial charge in [0.25, 0.3) is 0 Å². The summed E-state index contributed by atoms with van der Waals surface area (Å²) in [5, 5.41) is 13.9. The van der Waals surface area contributed by atoms with Crippen LogP contribution in [0.4, 0.5) is 0 Å². The summed E-state index contributed by atoms with van der Waals surface area (Å²) in [7, 11) is 0. The average Bonchev–Trinajstić information content (AvgIpc) is 3.11. The van der Waals surface area contributed by atoms with E-state index in [1.807, 2.05) is 19.9 Å². The van der Waals surface area contributed by atoms with Crippen LogP contribution >= 0.6 is 0 Å². The lowest BCUT2D eigenvalue weighted by molar-refractivity contribution is -0.171. The number of rotatable bonds is 3. The zero-order chi connectivity index (χ0) is 21.5. The lowest BCUT2D eigenvalue weighted by Gasteiger charge is -2.54. The Morgan fingerprint density at radius 2 is 1.97 bits per heavy atom. The van der Waals surface area contributed by atoms with Crippen LogP contribution in [0.2, 0.25) is 0 Å². The number of allylic oxidation sites excluding steroid dienone is 5. The molecule has 0 N–H and O–H groups in total. The summed E-state index contributed by atoms with van der Waals surface area (Å²) in [5.74, 6) is 0.306. The van der Waals surface area contributed by atoms with Gasteiger partial charge in [0.05, 0.1) is 17.6 Å². The standard InChI is InChI=1S/C25H30NO4/c1-15(2)30-26(29)20-14-16-13-17(27)5-11-24(16,4)18-7-12-25-19(22(18)20)6-9-23(25,3)10-8-21(25)28/h5-6,11,13,15,20H,7-10,12,14H2,1-4H3/q-1/t20?,23-,24?,25?/m0/s1. The highest BCUT2D eigenvalue weighted by atomic mass is 16.9. The van der Waals surface area contributed by atoms with Crippen molar-refractivity contribution in [3.8, 4) is 0 Å². The van der Waals surface area contributed by atoms with Gasteiger partial charge in [0.1, 0.15) is 5.78 Å². The minimum atomic E-state index is -0.528. The third kappa shape index (κ3) is 2.40. The maximum Gasteiger partial charge on any atom is 0.178 e. The van der Waals surface area contributed by atoms with E-state index in [1.54, 1.807) is 12.2 Å².